The van der Waals surface area contributed by atoms with Crippen LogP contribution >= 0.6 is 0 Å². The molecule has 0 aliphatic rings. The molecule has 18 heavy (non-hydrogen) atoms. The fourth-order valence-electron chi connectivity index (χ4n) is 1.61. The minimum atomic E-state index is -0.871. The number of ketones is 1. The molecular weight excluding hydrogens is 241 g/mol. The zero-order valence-corrected chi connectivity index (χ0v) is 9.51. The number of benzene rings is 2. The molecule has 0 heterocycles. The highest BCUT2D eigenvalue weighted by Crippen LogP contribution is 2.19. The molecule has 0 radical (unpaired) electrons. The van der Waals surface area contributed by atoms with Gasteiger partial charge in [0.05, 0.1) is 11.1 Å². The number of hydrogen-bond donors (Lipinski definition) is 0. The Balaban J connectivity index is 2.53. The Kier molecular flexibility index (Phi) is 3.19. The monoisotopic (exact) mass is 250 g/mol. The second-order valence-electron chi connectivity index (χ2n) is 3.89. The highest BCUT2D eigenvalue weighted by molar-refractivity contribution is 6.09. The van der Waals surface area contributed by atoms with Crippen molar-refractivity contribution in [3.8, 4) is 0 Å². The van der Waals surface area contributed by atoms with Gasteiger partial charge in [-0.25, -0.2) is 13.2 Å². The molecule has 0 aliphatic heterocycles. The van der Waals surface area contributed by atoms with Gasteiger partial charge in [-0.2, -0.15) is 0 Å². The lowest BCUT2D eigenvalue weighted by Gasteiger charge is -2.05. The molecule has 0 saturated heterocycles. The van der Waals surface area contributed by atoms with Crippen LogP contribution in [0.3, 0.4) is 0 Å². The van der Waals surface area contributed by atoms with Gasteiger partial charge in [0.1, 0.15) is 17.5 Å². The molecule has 92 valence electrons. The van der Waals surface area contributed by atoms with Crippen molar-refractivity contribution in [1.29, 1.82) is 0 Å². The van der Waals surface area contributed by atoms with E-state index in [0.717, 1.165) is 18.2 Å². The molecule has 0 spiro atoms. The van der Waals surface area contributed by atoms with E-state index in [2.05, 4.69) is 0 Å². The quantitative estimate of drug-likeness (QED) is 0.743. The Morgan fingerprint density at radius 1 is 0.889 bits per heavy atom. The van der Waals surface area contributed by atoms with Crippen LogP contribution in [-0.4, -0.2) is 5.78 Å². The van der Waals surface area contributed by atoms with Gasteiger partial charge >= 0.3 is 0 Å². The zero-order valence-electron chi connectivity index (χ0n) is 9.51. The Morgan fingerprint density at radius 3 is 2.22 bits per heavy atom. The predicted octanol–water partition coefficient (Wildman–Crippen LogP) is 3.64. The molecule has 0 saturated carbocycles. The highest BCUT2D eigenvalue weighted by Gasteiger charge is 2.18. The van der Waals surface area contributed by atoms with Crippen molar-refractivity contribution in [2.24, 2.45) is 0 Å². The molecule has 2 aromatic carbocycles. The first-order valence-corrected chi connectivity index (χ1v) is 5.25. The maximum absolute atomic E-state index is 13.6. The Bertz CT molecular complexity index is 620. The van der Waals surface area contributed by atoms with Crippen LogP contribution in [0.4, 0.5) is 13.2 Å². The van der Waals surface area contributed by atoms with E-state index in [1.165, 1.54) is 25.1 Å². The molecule has 2 rings (SSSR count). The van der Waals surface area contributed by atoms with Gasteiger partial charge in [0, 0.05) is 0 Å². The van der Waals surface area contributed by atoms with Gasteiger partial charge in [-0.1, -0.05) is 12.1 Å². The van der Waals surface area contributed by atoms with E-state index >= 15 is 0 Å². The van der Waals surface area contributed by atoms with Crippen molar-refractivity contribution in [2.75, 3.05) is 0 Å². The lowest BCUT2D eigenvalue weighted by molar-refractivity contribution is 0.103. The van der Waals surface area contributed by atoms with Gasteiger partial charge in [0.15, 0.2) is 5.78 Å². The molecule has 0 atom stereocenters. The summed E-state index contributed by atoms with van der Waals surface area (Å²) < 4.78 is 40.3. The van der Waals surface area contributed by atoms with Crippen LogP contribution < -0.4 is 0 Å². The minimum absolute atomic E-state index is 0.0950. The van der Waals surface area contributed by atoms with Crippen LogP contribution in [0.2, 0.25) is 0 Å². The fraction of sp³-hybridized carbons (Fsp3) is 0.0714. The first-order valence-electron chi connectivity index (χ1n) is 5.25. The number of carbonyl (C=O) groups excluding carboxylic acids is 1. The van der Waals surface area contributed by atoms with Crippen LogP contribution in [0.25, 0.3) is 0 Å². The van der Waals surface area contributed by atoms with Crippen LogP contribution in [-0.2, 0) is 0 Å². The summed E-state index contributed by atoms with van der Waals surface area (Å²) in [5.41, 5.74) is -0.652. The molecule has 0 bridgehead atoms. The Hall–Kier alpha value is -2.10. The van der Waals surface area contributed by atoms with Gasteiger partial charge in [0.2, 0.25) is 0 Å². The van der Waals surface area contributed by atoms with Gasteiger partial charge in [0.25, 0.3) is 0 Å². The molecule has 2 aromatic rings. The van der Waals surface area contributed by atoms with Gasteiger partial charge in [-0.15, -0.1) is 0 Å². The summed E-state index contributed by atoms with van der Waals surface area (Å²) in [5.74, 6) is -3.19. The lowest BCUT2D eigenvalue weighted by Crippen LogP contribution is -2.08. The maximum atomic E-state index is 13.6. The normalized spacial score (nSPS) is 10.4. The Morgan fingerprint density at radius 2 is 1.56 bits per heavy atom. The first kappa shape index (κ1) is 12.4. The van der Waals surface area contributed by atoms with Crippen LogP contribution in [0.5, 0.6) is 0 Å². The van der Waals surface area contributed by atoms with Crippen LogP contribution in [0, 0.1) is 24.4 Å². The first-order chi connectivity index (χ1) is 8.50. The third-order valence-electron chi connectivity index (χ3n) is 2.61. The van der Waals surface area contributed by atoms with E-state index in [0.29, 0.717) is 0 Å². The molecule has 0 unspecified atom stereocenters. The van der Waals surface area contributed by atoms with Crippen molar-refractivity contribution >= 4 is 5.78 Å². The SMILES string of the molecule is Cc1cc(F)c(C(=O)c2ccccc2F)cc1F. The largest absolute Gasteiger partial charge is 0.288 e. The van der Waals surface area contributed by atoms with Crippen molar-refractivity contribution in [3.05, 3.63) is 70.5 Å². The van der Waals surface area contributed by atoms with Gasteiger partial charge in [-0.05, 0) is 36.8 Å². The van der Waals surface area contributed by atoms with Crippen molar-refractivity contribution < 1.29 is 18.0 Å². The number of rotatable bonds is 2. The minimum Gasteiger partial charge on any atom is -0.288 e. The van der Waals surface area contributed by atoms with Gasteiger partial charge < -0.3 is 0 Å². The summed E-state index contributed by atoms with van der Waals surface area (Å²) in [4.78, 5) is 11.9. The van der Waals surface area contributed by atoms with E-state index in [-0.39, 0.29) is 11.1 Å². The maximum Gasteiger partial charge on any atom is 0.199 e. The van der Waals surface area contributed by atoms with Crippen molar-refractivity contribution in [3.63, 3.8) is 0 Å². The zero-order chi connectivity index (χ0) is 13.3. The third kappa shape index (κ3) is 2.14. The molecule has 0 fully saturated rings. The van der Waals surface area contributed by atoms with Crippen LogP contribution in [0.1, 0.15) is 21.5 Å². The summed E-state index contributed by atoms with van der Waals surface area (Å²) in [7, 11) is 0. The average Bonchev–Trinajstić information content (AvgIpc) is 2.33. The molecular formula is C14H9F3O. The predicted molar refractivity (Wildman–Crippen MR) is 60.9 cm³/mol. The van der Waals surface area contributed by atoms with E-state index < -0.39 is 28.8 Å². The number of carbonyl (C=O) groups is 1. The smallest absolute Gasteiger partial charge is 0.199 e. The molecule has 1 nitrogen and oxygen atoms in total. The highest BCUT2D eigenvalue weighted by atomic mass is 19.1. The second-order valence-corrected chi connectivity index (χ2v) is 3.89. The summed E-state index contributed by atoms with van der Waals surface area (Å²) in [6.45, 7) is 1.38. The average molecular weight is 250 g/mol. The van der Waals surface area contributed by atoms with E-state index in [1.54, 1.807) is 0 Å². The van der Waals surface area contributed by atoms with E-state index in [1.807, 2.05) is 0 Å². The summed E-state index contributed by atoms with van der Waals surface area (Å²) >= 11 is 0. The number of halogens is 3. The standard InChI is InChI=1S/C14H9F3O/c1-8-6-13(17)10(7-12(8)16)14(18)9-4-2-3-5-11(9)15/h2-7H,1H3. The fourth-order valence-corrected chi connectivity index (χ4v) is 1.61. The Labute approximate surface area is 102 Å². The number of aryl methyl sites for hydroxylation is 1. The van der Waals surface area contributed by atoms with Crippen LogP contribution in [0.15, 0.2) is 36.4 Å². The molecule has 0 aromatic heterocycles. The second kappa shape index (κ2) is 4.64. The summed E-state index contributed by atoms with van der Waals surface area (Å²) in [6, 6.07) is 6.91. The van der Waals surface area contributed by atoms with E-state index in [9.17, 15) is 18.0 Å². The topological polar surface area (TPSA) is 17.1 Å². The van der Waals surface area contributed by atoms with Gasteiger partial charge in [-0.3, -0.25) is 4.79 Å². The van der Waals surface area contributed by atoms with Crippen molar-refractivity contribution in [1.82, 2.24) is 0 Å². The summed E-state index contributed by atoms with van der Waals surface area (Å²) in [6.07, 6.45) is 0. The molecule has 0 N–H and O–H groups in total. The van der Waals surface area contributed by atoms with E-state index in [4.69, 9.17) is 0 Å². The molecule has 4 heteroatoms. The number of hydrogen-bond acceptors (Lipinski definition) is 1. The third-order valence-corrected chi connectivity index (χ3v) is 2.61. The van der Waals surface area contributed by atoms with Crippen molar-refractivity contribution in [2.45, 2.75) is 6.92 Å². The molecule has 0 amide bonds. The summed E-state index contributed by atoms with van der Waals surface area (Å²) in [5, 5.41) is 0. The lowest BCUT2D eigenvalue weighted by atomic mass is 10.0. The molecule has 0 aliphatic carbocycles.